The molecule has 0 spiro atoms. The third-order valence-corrected chi connectivity index (χ3v) is 5.32. The second-order valence-corrected chi connectivity index (χ2v) is 8.60. The molecule has 2 aromatic carbocycles. The first-order chi connectivity index (χ1) is 16.9. The lowest BCUT2D eigenvalue weighted by molar-refractivity contribution is -0.115. The molecule has 3 N–H and O–H groups in total. The molecule has 35 heavy (non-hydrogen) atoms. The standard InChI is InChI=1S/C24H25ClFN7O2/c1-33(2)10-3-11-35-24-27-14-19(26)23(30-24)28-17-8-9-20-18(13-17)22(32-31-20)29-21(34)12-15-4-6-16(25)7-5-15/h4-9,13-14H,3,10-12H2,1-2H3,(H,27,28,30)(H2,29,31,32,34). The first kappa shape index (κ1) is 24.4. The highest BCUT2D eigenvalue weighted by Crippen LogP contribution is 2.27. The van der Waals surface area contributed by atoms with Crippen molar-refractivity contribution in [2.24, 2.45) is 0 Å². The van der Waals surface area contributed by atoms with Crippen LogP contribution in [0, 0.1) is 5.82 Å². The highest BCUT2D eigenvalue weighted by atomic mass is 35.5. The molecule has 0 saturated heterocycles. The van der Waals surface area contributed by atoms with Crippen molar-refractivity contribution in [2.45, 2.75) is 12.8 Å². The second kappa shape index (κ2) is 11.1. The maximum atomic E-state index is 14.4. The van der Waals surface area contributed by atoms with Gasteiger partial charge in [0.1, 0.15) is 0 Å². The molecule has 0 aliphatic rings. The van der Waals surface area contributed by atoms with E-state index < -0.39 is 5.82 Å². The van der Waals surface area contributed by atoms with E-state index in [1.165, 1.54) is 0 Å². The maximum absolute atomic E-state index is 14.4. The highest BCUT2D eigenvalue weighted by molar-refractivity contribution is 6.30. The molecule has 2 heterocycles. The molecule has 0 radical (unpaired) electrons. The summed E-state index contributed by atoms with van der Waals surface area (Å²) in [5.74, 6) is -0.485. The third kappa shape index (κ3) is 6.65. The lowest BCUT2D eigenvalue weighted by Crippen LogP contribution is -2.16. The third-order valence-electron chi connectivity index (χ3n) is 5.06. The second-order valence-electron chi connectivity index (χ2n) is 8.16. The molecule has 0 aliphatic carbocycles. The molecule has 11 heteroatoms. The van der Waals surface area contributed by atoms with Crippen LogP contribution in [0.5, 0.6) is 6.01 Å². The van der Waals surface area contributed by atoms with Crippen LogP contribution in [0.3, 0.4) is 0 Å². The Morgan fingerprint density at radius 1 is 1.17 bits per heavy atom. The number of rotatable bonds is 10. The van der Waals surface area contributed by atoms with Crippen LogP contribution in [0.25, 0.3) is 10.9 Å². The number of carbonyl (C=O) groups is 1. The first-order valence-electron chi connectivity index (χ1n) is 11.0. The predicted molar refractivity (Wildman–Crippen MR) is 134 cm³/mol. The monoisotopic (exact) mass is 497 g/mol. The maximum Gasteiger partial charge on any atom is 0.318 e. The zero-order valence-corrected chi connectivity index (χ0v) is 20.1. The lowest BCUT2D eigenvalue weighted by Gasteiger charge is -2.11. The van der Waals surface area contributed by atoms with Gasteiger partial charge in [-0.15, -0.1) is 0 Å². The summed E-state index contributed by atoms with van der Waals surface area (Å²) in [5, 5.41) is 14.1. The molecule has 1 amide bonds. The number of anilines is 3. The topological polar surface area (TPSA) is 108 Å². The van der Waals surface area contributed by atoms with Gasteiger partial charge in [0.25, 0.3) is 0 Å². The van der Waals surface area contributed by atoms with Crippen molar-refractivity contribution in [2.75, 3.05) is 37.9 Å². The van der Waals surface area contributed by atoms with Crippen molar-refractivity contribution in [3.63, 3.8) is 0 Å². The zero-order valence-electron chi connectivity index (χ0n) is 19.3. The van der Waals surface area contributed by atoms with Crippen molar-refractivity contribution >= 4 is 45.7 Å². The van der Waals surface area contributed by atoms with E-state index >= 15 is 0 Å². The first-order valence-corrected chi connectivity index (χ1v) is 11.3. The summed E-state index contributed by atoms with van der Waals surface area (Å²) < 4.78 is 19.9. The van der Waals surface area contributed by atoms with Crippen LogP contribution in [0.4, 0.5) is 21.7 Å². The van der Waals surface area contributed by atoms with Gasteiger partial charge in [-0.05, 0) is 56.4 Å². The minimum Gasteiger partial charge on any atom is -0.463 e. The normalized spacial score (nSPS) is 11.1. The minimum atomic E-state index is -0.616. The number of carbonyl (C=O) groups excluding carboxylic acids is 1. The average Bonchev–Trinajstić information content (AvgIpc) is 3.22. The number of H-pyrrole nitrogens is 1. The SMILES string of the molecule is CN(C)CCCOc1ncc(F)c(Nc2ccc3[nH]nc(NC(=O)Cc4ccc(Cl)cc4)c3c2)n1. The molecule has 0 unspecified atom stereocenters. The number of nitrogens with zero attached hydrogens (tertiary/aromatic N) is 4. The Bertz CT molecular complexity index is 1310. The van der Waals surface area contributed by atoms with Crippen molar-refractivity contribution < 1.29 is 13.9 Å². The Balaban J connectivity index is 1.45. The number of ether oxygens (including phenoxy) is 1. The molecule has 0 saturated carbocycles. The molecular formula is C24H25ClFN7O2. The Labute approximate surface area is 206 Å². The molecule has 0 bridgehead atoms. The Morgan fingerprint density at radius 2 is 1.97 bits per heavy atom. The van der Waals surface area contributed by atoms with E-state index in [-0.39, 0.29) is 24.2 Å². The van der Waals surface area contributed by atoms with Crippen LogP contribution in [0.2, 0.25) is 5.02 Å². The molecule has 182 valence electrons. The summed E-state index contributed by atoms with van der Waals surface area (Å²) in [6, 6.07) is 12.4. The Kier molecular flexibility index (Phi) is 7.74. The highest BCUT2D eigenvalue weighted by Gasteiger charge is 2.13. The summed E-state index contributed by atoms with van der Waals surface area (Å²) in [6.45, 7) is 1.28. The van der Waals surface area contributed by atoms with E-state index in [1.807, 2.05) is 19.0 Å². The van der Waals surface area contributed by atoms with Crippen molar-refractivity contribution in [1.82, 2.24) is 25.1 Å². The van der Waals surface area contributed by atoms with Gasteiger partial charge in [0.15, 0.2) is 17.5 Å². The van der Waals surface area contributed by atoms with Crippen LogP contribution in [0.15, 0.2) is 48.7 Å². The van der Waals surface area contributed by atoms with Crippen LogP contribution in [-0.4, -0.2) is 58.2 Å². The van der Waals surface area contributed by atoms with Gasteiger partial charge in [0.2, 0.25) is 5.91 Å². The van der Waals surface area contributed by atoms with Gasteiger partial charge in [-0.3, -0.25) is 9.89 Å². The zero-order chi connectivity index (χ0) is 24.8. The average molecular weight is 498 g/mol. The van der Waals surface area contributed by atoms with Crippen LogP contribution < -0.4 is 15.4 Å². The molecule has 0 fully saturated rings. The molecule has 2 aromatic heterocycles. The largest absolute Gasteiger partial charge is 0.463 e. The van der Waals surface area contributed by atoms with Crippen LogP contribution in [0.1, 0.15) is 12.0 Å². The van der Waals surface area contributed by atoms with E-state index in [0.717, 1.165) is 24.7 Å². The minimum absolute atomic E-state index is 0.0150. The summed E-state index contributed by atoms with van der Waals surface area (Å²) in [4.78, 5) is 22.6. The van der Waals surface area contributed by atoms with Gasteiger partial charge in [-0.1, -0.05) is 23.7 Å². The molecule has 0 aliphatic heterocycles. The fourth-order valence-electron chi connectivity index (χ4n) is 3.34. The van der Waals surface area contributed by atoms with E-state index in [4.69, 9.17) is 16.3 Å². The quantitative estimate of drug-likeness (QED) is 0.279. The van der Waals surface area contributed by atoms with Gasteiger partial charge in [0.05, 0.1) is 24.7 Å². The number of benzene rings is 2. The molecule has 0 atom stereocenters. The van der Waals surface area contributed by atoms with Gasteiger partial charge >= 0.3 is 6.01 Å². The van der Waals surface area contributed by atoms with Crippen molar-refractivity contribution in [3.8, 4) is 6.01 Å². The molecule has 9 nitrogen and oxygen atoms in total. The number of nitrogens with one attached hydrogen (secondary N) is 3. The number of hydrogen-bond donors (Lipinski definition) is 3. The van der Waals surface area contributed by atoms with Crippen LogP contribution in [-0.2, 0) is 11.2 Å². The molecular weight excluding hydrogens is 473 g/mol. The number of fused-ring (bicyclic) bond motifs is 1. The summed E-state index contributed by atoms with van der Waals surface area (Å²) in [6.07, 6.45) is 2.03. The van der Waals surface area contributed by atoms with Gasteiger partial charge in [-0.2, -0.15) is 10.1 Å². The number of hydrogen-bond acceptors (Lipinski definition) is 7. The van der Waals surface area contributed by atoms with E-state index in [2.05, 4.69) is 30.8 Å². The van der Waals surface area contributed by atoms with Crippen molar-refractivity contribution in [1.29, 1.82) is 0 Å². The number of aromatic nitrogens is 4. The summed E-state index contributed by atoms with van der Waals surface area (Å²) in [5.41, 5.74) is 2.10. The van der Waals surface area contributed by atoms with Crippen LogP contribution >= 0.6 is 11.6 Å². The Morgan fingerprint density at radius 3 is 2.74 bits per heavy atom. The summed E-state index contributed by atoms with van der Waals surface area (Å²) in [7, 11) is 3.95. The fraction of sp³-hybridized carbons (Fsp3) is 0.250. The molecule has 4 rings (SSSR count). The fourth-order valence-corrected chi connectivity index (χ4v) is 3.47. The number of aromatic amines is 1. The lowest BCUT2D eigenvalue weighted by atomic mass is 10.1. The molecule has 4 aromatic rings. The van der Waals surface area contributed by atoms with Gasteiger partial charge in [-0.25, -0.2) is 9.37 Å². The predicted octanol–water partition coefficient (Wildman–Crippen LogP) is 4.40. The van der Waals surface area contributed by atoms with E-state index in [9.17, 15) is 9.18 Å². The number of amides is 1. The van der Waals surface area contributed by atoms with E-state index in [0.29, 0.717) is 34.0 Å². The number of halogens is 2. The van der Waals surface area contributed by atoms with E-state index in [1.54, 1.807) is 42.5 Å². The Hall–Kier alpha value is -3.76. The van der Waals surface area contributed by atoms with Gasteiger partial charge in [0, 0.05) is 22.6 Å². The smallest absolute Gasteiger partial charge is 0.318 e. The van der Waals surface area contributed by atoms with Crippen molar-refractivity contribution in [3.05, 3.63) is 65.1 Å². The van der Waals surface area contributed by atoms with Gasteiger partial charge < -0.3 is 20.3 Å². The summed E-state index contributed by atoms with van der Waals surface area (Å²) >= 11 is 5.90.